The number of carbonyl (C=O) groups is 1. The van der Waals surface area contributed by atoms with E-state index in [9.17, 15) is 4.79 Å². The van der Waals surface area contributed by atoms with Gasteiger partial charge < -0.3 is 4.74 Å². The third kappa shape index (κ3) is 3.07. The second-order valence-electron chi connectivity index (χ2n) is 2.93. The van der Waals surface area contributed by atoms with Crippen LogP contribution in [0.15, 0.2) is 22.7 Å². The molecule has 0 fully saturated rings. The van der Waals surface area contributed by atoms with Crippen molar-refractivity contribution in [2.24, 2.45) is 0 Å². The first-order chi connectivity index (χ1) is 7.19. The number of nitriles is 1. The van der Waals surface area contributed by atoms with Crippen LogP contribution in [-0.2, 0) is 0 Å². The summed E-state index contributed by atoms with van der Waals surface area (Å²) in [6.07, 6.45) is 0.477. The SMILES string of the molecule is COc1ccc(Br)c(C(=O)CCC#N)c1. The lowest BCUT2D eigenvalue weighted by atomic mass is 10.1. The van der Waals surface area contributed by atoms with Crippen molar-refractivity contribution in [1.29, 1.82) is 5.26 Å². The first kappa shape index (κ1) is 11.7. The molecule has 15 heavy (non-hydrogen) atoms. The average Bonchev–Trinajstić information content (AvgIpc) is 2.26. The van der Waals surface area contributed by atoms with Crippen molar-refractivity contribution in [3.8, 4) is 11.8 Å². The zero-order valence-corrected chi connectivity index (χ0v) is 9.87. The summed E-state index contributed by atoms with van der Waals surface area (Å²) in [7, 11) is 1.55. The van der Waals surface area contributed by atoms with Crippen LogP contribution in [0.2, 0.25) is 0 Å². The molecule has 0 aliphatic carbocycles. The second kappa shape index (κ2) is 5.52. The van der Waals surface area contributed by atoms with E-state index in [0.29, 0.717) is 11.3 Å². The average molecular weight is 268 g/mol. The van der Waals surface area contributed by atoms with E-state index in [1.807, 2.05) is 6.07 Å². The summed E-state index contributed by atoms with van der Waals surface area (Å²) in [6.45, 7) is 0. The van der Waals surface area contributed by atoms with E-state index in [2.05, 4.69) is 15.9 Å². The largest absolute Gasteiger partial charge is 0.497 e. The van der Waals surface area contributed by atoms with Crippen LogP contribution in [0.4, 0.5) is 0 Å². The Kier molecular flexibility index (Phi) is 4.32. The Hall–Kier alpha value is -1.34. The number of benzene rings is 1. The van der Waals surface area contributed by atoms with Crippen LogP contribution >= 0.6 is 15.9 Å². The predicted molar refractivity (Wildman–Crippen MR) is 59.9 cm³/mol. The Morgan fingerprint density at radius 1 is 1.60 bits per heavy atom. The molecule has 0 bridgehead atoms. The molecule has 0 radical (unpaired) electrons. The number of halogens is 1. The minimum absolute atomic E-state index is 0.0534. The zero-order chi connectivity index (χ0) is 11.3. The lowest BCUT2D eigenvalue weighted by Crippen LogP contribution is -2.00. The van der Waals surface area contributed by atoms with E-state index in [-0.39, 0.29) is 18.6 Å². The Morgan fingerprint density at radius 2 is 2.33 bits per heavy atom. The van der Waals surface area contributed by atoms with Crippen LogP contribution in [0.25, 0.3) is 0 Å². The molecule has 3 nitrogen and oxygen atoms in total. The fourth-order valence-electron chi connectivity index (χ4n) is 1.15. The summed E-state index contributed by atoms with van der Waals surface area (Å²) >= 11 is 3.29. The van der Waals surface area contributed by atoms with E-state index in [1.165, 1.54) is 0 Å². The minimum Gasteiger partial charge on any atom is -0.497 e. The standard InChI is InChI=1S/C11H10BrNO2/c1-15-8-4-5-10(12)9(7-8)11(14)3-2-6-13/h4-5,7H,2-3H2,1H3. The highest BCUT2D eigenvalue weighted by molar-refractivity contribution is 9.10. The van der Waals surface area contributed by atoms with E-state index < -0.39 is 0 Å². The highest BCUT2D eigenvalue weighted by Gasteiger charge is 2.10. The molecule has 1 aromatic rings. The number of methoxy groups -OCH3 is 1. The predicted octanol–water partition coefficient (Wildman–Crippen LogP) is 2.94. The molecule has 1 rings (SSSR count). The van der Waals surface area contributed by atoms with E-state index in [4.69, 9.17) is 10.00 Å². The van der Waals surface area contributed by atoms with Gasteiger partial charge in [0.05, 0.1) is 13.2 Å². The normalized spacial score (nSPS) is 9.40. The number of rotatable bonds is 4. The number of carbonyl (C=O) groups excluding carboxylic acids is 1. The summed E-state index contributed by atoms with van der Waals surface area (Å²) in [5.41, 5.74) is 0.560. The maximum atomic E-state index is 11.7. The second-order valence-corrected chi connectivity index (χ2v) is 3.78. The van der Waals surface area contributed by atoms with E-state index in [0.717, 1.165) is 4.47 Å². The molecule has 4 heteroatoms. The van der Waals surface area contributed by atoms with Crippen molar-refractivity contribution in [1.82, 2.24) is 0 Å². The molecular weight excluding hydrogens is 258 g/mol. The third-order valence-electron chi connectivity index (χ3n) is 1.94. The fraction of sp³-hybridized carbons (Fsp3) is 0.273. The quantitative estimate of drug-likeness (QED) is 0.789. The molecule has 78 valence electrons. The Bertz CT molecular complexity index is 410. The molecule has 0 unspecified atom stereocenters. The molecule has 0 atom stereocenters. The minimum atomic E-state index is -0.0534. The summed E-state index contributed by atoms with van der Waals surface area (Å²) in [5, 5.41) is 8.39. The van der Waals surface area contributed by atoms with Crippen molar-refractivity contribution in [3.63, 3.8) is 0 Å². The van der Waals surface area contributed by atoms with Gasteiger partial charge in [0.25, 0.3) is 0 Å². The van der Waals surface area contributed by atoms with Crippen molar-refractivity contribution < 1.29 is 9.53 Å². The van der Waals surface area contributed by atoms with Crippen molar-refractivity contribution in [2.75, 3.05) is 7.11 Å². The molecule has 0 N–H and O–H groups in total. The summed E-state index contributed by atoms with van der Waals surface area (Å²) in [6, 6.07) is 7.15. The highest BCUT2D eigenvalue weighted by Crippen LogP contribution is 2.23. The zero-order valence-electron chi connectivity index (χ0n) is 8.29. The van der Waals surface area contributed by atoms with Crippen LogP contribution in [0.5, 0.6) is 5.75 Å². The third-order valence-corrected chi connectivity index (χ3v) is 2.63. The molecule has 0 spiro atoms. The van der Waals surface area contributed by atoms with Gasteiger partial charge in [0, 0.05) is 22.9 Å². The van der Waals surface area contributed by atoms with Gasteiger partial charge in [-0.1, -0.05) is 15.9 Å². The van der Waals surface area contributed by atoms with Crippen molar-refractivity contribution in [2.45, 2.75) is 12.8 Å². The molecule has 0 aliphatic rings. The smallest absolute Gasteiger partial charge is 0.165 e. The molecule has 0 aromatic heterocycles. The molecular formula is C11H10BrNO2. The fourth-order valence-corrected chi connectivity index (χ4v) is 1.62. The molecule has 0 saturated heterocycles. The van der Waals surface area contributed by atoms with Crippen LogP contribution in [0.1, 0.15) is 23.2 Å². The lowest BCUT2D eigenvalue weighted by molar-refractivity contribution is 0.0983. The van der Waals surface area contributed by atoms with Crippen molar-refractivity contribution in [3.05, 3.63) is 28.2 Å². The molecule has 0 amide bonds. The number of ketones is 1. The van der Waals surface area contributed by atoms with Gasteiger partial charge in [-0.25, -0.2) is 0 Å². The molecule has 1 aromatic carbocycles. The van der Waals surface area contributed by atoms with E-state index in [1.54, 1.807) is 25.3 Å². The van der Waals surface area contributed by atoms with Gasteiger partial charge in [-0.2, -0.15) is 5.26 Å². The number of Topliss-reactive ketones (excluding diaryl/α,β-unsaturated/α-hetero) is 1. The monoisotopic (exact) mass is 267 g/mol. The van der Waals surface area contributed by atoms with Gasteiger partial charge in [0.2, 0.25) is 0 Å². The summed E-state index contributed by atoms with van der Waals surface area (Å²) in [4.78, 5) is 11.7. The van der Waals surface area contributed by atoms with Gasteiger partial charge in [-0.3, -0.25) is 4.79 Å². The summed E-state index contributed by atoms with van der Waals surface area (Å²) < 4.78 is 5.75. The molecule has 0 saturated carbocycles. The highest BCUT2D eigenvalue weighted by atomic mass is 79.9. The maximum Gasteiger partial charge on any atom is 0.165 e. The number of nitrogens with zero attached hydrogens (tertiary/aromatic N) is 1. The van der Waals surface area contributed by atoms with Gasteiger partial charge >= 0.3 is 0 Å². The first-order valence-electron chi connectivity index (χ1n) is 4.42. The number of ether oxygens (including phenoxy) is 1. The van der Waals surface area contributed by atoms with Gasteiger partial charge in [0.1, 0.15) is 5.75 Å². The Labute approximate surface area is 96.8 Å². The topological polar surface area (TPSA) is 50.1 Å². The van der Waals surface area contributed by atoms with Crippen LogP contribution in [-0.4, -0.2) is 12.9 Å². The van der Waals surface area contributed by atoms with Crippen LogP contribution in [0.3, 0.4) is 0 Å². The Morgan fingerprint density at radius 3 is 2.93 bits per heavy atom. The molecule has 0 aliphatic heterocycles. The van der Waals surface area contributed by atoms with Gasteiger partial charge in [-0.15, -0.1) is 0 Å². The van der Waals surface area contributed by atoms with Crippen molar-refractivity contribution >= 4 is 21.7 Å². The Balaban J connectivity index is 2.92. The van der Waals surface area contributed by atoms with Crippen LogP contribution in [0, 0.1) is 11.3 Å². The number of hydrogen-bond acceptors (Lipinski definition) is 3. The molecule has 0 heterocycles. The van der Waals surface area contributed by atoms with Gasteiger partial charge in [-0.05, 0) is 18.2 Å². The van der Waals surface area contributed by atoms with Gasteiger partial charge in [0.15, 0.2) is 5.78 Å². The maximum absolute atomic E-state index is 11.7. The van der Waals surface area contributed by atoms with Crippen LogP contribution < -0.4 is 4.74 Å². The lowest BCUT2D eigenvalue weighted by Gasteiger charge is -2.05. The first-order valence-corrected chi connectivity index (χ1v) is 5.22. The summed E-state index contributed by atoms with van der Waals surface area (Å²) in [5.74, 6) is 0.584. The number of hydrogen-bond donors (Lipinski definition) is 0. The van der Waals surface area contributed by atoms with E-state index >= 15 is 0 Å².